The average molecular weight is 655 g/mol. The number of nitrogens with zero attached hydrogens (tertiary/aromatic N) is 7. The second kappa shape index (κ2) is 10.7. The van der Waals surface area contributed by atoms with E-state index in [1.807, 2.05) is 42.1 Å². The first kappa shape index (κ1) is 28.8. The normalized spacial score (nSPS) is 20.0. The molecule has 0 saturated heterocycles. The zero-order valence-electron chi connectivity index (χ0n) is 24.2. The van der Waals surface area contributed by atoms with Crippen molar-refractivity contribution in [2.75, 3.05) is 11.9 Å². The van der Waals surface area contributed by atoms with Gasteiger partial charge in [-0.3, -0.25) is 14.9 Å². The maximum atomic E-state index is 11.6. The van der Waals surface area contributed by atoms with Crippen LogP contribution in [0.2, 0.25) is 0 Å². The zero-order valence-corrected chi connectivity index (χ0v) is 26.7. The van der Waals surface area contributed by atoms with Gasteiger partial charge in [0.2, 0.25) is 0 Å². The van der Waals surface area contributed by atoms with Crippen LogP contribution in [0.1, 0.15) is 31.5 Å². The predicted octanol–water partition coefficient (Wildman–Crippen LogP) is 7.61. The topological polar surface area (TPSA) is 113 Å². The maximum absolute atomic E-state index is 11.6. The van der Waals surface area contributed by atoms with E-state index in [4.69, 9.17) is 14.8 Å². The number of halogens is 1. The van der Waals surface area contributed by atoms with E-state index < -0.39 is 12.0 Å². The van der Waals surface area contributed by atoms with Crippen LogP contribution in [0.5, 0.6) is 0 Å². The van der Waals surface area contributed by atoms with Crippen LogP contribution in [0.15, 0.2) is 98.0 Å². The lowest BCUT2D eigenvalue weighted by atomic mass is 9.84. The van der Waals surface area contributed by atoms with Crippen molar-refractivity contribution in [1.29, 1.82) is 5.26 Å². The smallest absolute Gasteiger partial charge is 0.283 e. The summed E-state index contributed by atoms with van der Waals surface area (Å²) in [7, 11) is -0.823. The minimum absolute atomic E-state index is 0.0249. The van der Waals surface area contributed by atoms with Crippen LogP contribution in [0.4, 0.5) is 22.9 Å². The van der Waals surface area contributed by atoms with Crippen molar-refractivity contribution in [2.45, 2.75) is 39.2 Å². The Balaban J connectivity index is 1.79. The predicted molar refractivity (Wildman–Crippen MR) is 176 cm³/mol. The summed E-state index contributed by atoms with van der Waals surface area (Å²) < 4.78 is 7.80. The number of nitriles is 1. The van der Waals surface area contributed by atoms with Crippen molar-refractivity contribution in [3.63, 3.8) is 0 Å². The number of aliphatic imine (C=N–C) groups is 1. The van der Waals surface area contributed by atoms with Gasteiger partial charge in [-0.2, -0.15) is 10.4 Å². The highest BCUT2D eigenvalue weighted by atomic mass is 79.9. The molecule has 1 atom stereocenters. The largest absolute Gasteiger partial charge is 0.346 e. The highest BCUT2D eigenvalue weighted by Crippen LogP contribution is 2.64. The van der Waals surface area contributed by atoms with Gasteiger partial charge in [0, 0.05) is 46.7 Å². The quantitative estimate of drug-likeness (QED) is 0.125. The Morgan fingerprint density at radius 3 is 2.51 bits per heavy atom. The second-order valence-electron chi connectivity index (χ2n) is 11.0. The number of anilines is 1. The van der Waals surface area contributed by atoms with Crippen molar-refractivity contribution < 1.29 is 4.92 Å². The number of nitro groups is 1. The molecule has 0 N–H and O–H groups in total. The number of aromatic nitrogens is 2. The van der Waals surface area contributed by atoms with Gasteiger partial charge in [-0.15, -0.1) is 0 Å². The fourth-order valence-corrected chi connectivity index (χ4v) is 10.9. The van der Waals surface area contributed by atoms with Gasteiger partial charge < -0.3 is 4.90 Å². The molecule has 2 aliphatic heterocycles. The van der Waals surface area contributed by atoms with Crippen molar-refractivity contribution >= 4 is 62.7 Å². The van der Waals surface area contributed by atoms with E-state index in [1.165, 1.54) is 11.6 Å². The maximum Gasteiger partial charge on any atom is 0.283 e. The van der Waals surface area contributed by atoms with Crippen LogP contribution in [-0.4, -0.2) is 28.0 Å². The molecule has 9 nitrogen and oxygen atoms in total. The molecule has 0 amide bonds. The number of hydrogen-bond acceptors (Lipinski definition) is 7. The molecule has 3 aromatic carbocycles. The third-order valence-corrected chi connectivity index (χ3v) is 12.5. The number of allylic oxidation sites excluding steroid dienone is 2. The molecular formula is C32H29BrN7O2P. The molecule has 43 heavy (non-hydrogen) atoms. The monoisotopic (exact) mass is 653 g/mol. The van der Waals surface area contributed by atoms with E-state index in [9.17, 15) is 15.4 Å². The number of likely N-dealkylation sites (N-methyl/N-ethyl adjacent to an activating group) is 1. The van der Waals surface area contributed by atoms with Gasteiger partial charge in [0.15, 0.2) is 5.82 Å². The molecule has 2 aliphatic rings. The molecule has 1 aromatic heterocycles. The van der Waals surface area contributed by atoms with Crippen LogP contribution in [0.25, 0.3) is 0 Å². The lowest BCUT2D eigenvalue weighted by Gasteiger charge is -2.35. The minimum atomic E-state index is -2.91. The third-order valence-electron chi connectivity index (χ3n) is 8.12. The van der Waals surface area contributed by atoms with Crippen LogP contribution < -0.4 is 15.5 Å². The molecule has 0 bridgehead atoms. The molecule has 216 valence electrons. The first-order chi connectivity index (χ1) is 20.6. The fourth-order valence-electron chi connectivity index (χ4n) is 6.33. The van der Waals surface area contributed by atoms with Crippen molar-refractivity contribution in [1.82, 2.24) is 9.78 Å². The van der Waals surface area contributed by atoms with E-state index >= 15 is 0 Å². The summed E-state index contributed by atoms with van der Waals surface area (Å²) in [6.07, 6.45) is 2.24. The summed E-state index contributed by atoms with van der Waals surface area (Å²) in [5.74, 6) is 0.690. The molecule has 0 saturated carbocycles. The lowest BCUT2D eigenvalue weighted by molar-refractivity contribution is -0.385. The molecular weight excluding hydrogens is 625 g/mol. The number of benzene rings is 3. The van der Waals surface area contributed by atoms with Crippen molar-refractivity contribution in [3.05, 3.63) is 110 Å². The molecule has 0 aliphatic carbocycles. The van der Waals surface area contributed by atoms with Crippen molar-refractivity contribution in [2.24, 2.45) is 9.74 Å². The van der Waals surface area contributed by atoms with Crippen LogP contribution in [0, 0.1) is 28.4 Å². The van der Waals surface area contributed by atoms with Crippen molar-refractivity contribution in [3.8, 4) is 6.07 Å². The number of hydrogen-bond donors (Lipinski definition) is 0. The summed E-state index contributed by atoms with van der Waals surface area (Å²) in [5.41, 5.74) is 4.43. The average Bonchev–Trinajstić information content (AvgIpc) is 3.42. The lowest BCUT2D eigenvalue weighted by Crippen LogP contribution is -2.30. The van der Waals surface area contributed by atoms with Gasteiger partial charge in [0.05, 0.1) is 52.2 Å². The van der Waals surface area contributed by atoms with E-state index in [1.54, 1.807) is 12.1 Å². The van der Waals surface area contributed by atoms with E-state index in [0.29, 0.717) is 28.9 Å². The highest BCUT2D eigenvalue weighted by Gasteiger charge is 2.47. The van der Waals surface area contributed by atoms with E-state index in [-0.39, 0.29) is 11.1 Å². The molecule has 1 unspecified atom stereocenters. The zero-order chi connectivity index (χ0) is 30.5. The number of nitro benzene ring substituents is 1. The highest BCUT2D eigenvalue weighted by molar-refractivity contribution is 9.10. The van der Waals surface area contributed by atoms with E-state index in [2.05, 4.69) is 78.1 Å². The third kappa shape index (κ3) is 4.46. The number of fused-ring (bicyclic) bond motifs is 2. The van der Waals surface area contributed by atoms with Crippen LogP contribution >= 0.6 is 23.0 Å². The van der Waals surface area contributed by atoms with Gasteiger partial charge in [0.25, 0.3) is 5.69 Å². The number of aryl methyl sites for hydroxylation is 2. The first-order valence-electron chi connectivity index (χ1n) is 13.8. The second-order valence-corrected chi connectivity index (χ2v) is 14.8. The molecule has 0 fully saturated rings. The summed E-state index contributed by atoms with van der Waals surface area (Å²) in [6, 6.07) is 25.8. The molecule has 3 heterocycles. The van der Waals surface area contributed by atoms with Crippen LogP contribution in [-0.2, 0) is 12.0 Å². The molecule has 0 spiro atoms. The summed E-state index contributed by atoms with van der Waals surface area (Å²) in [6.45, 7) is 6.84. The SMILES string of the molecule is Cc1nn(CCC#N)c2c1P(=Nc1ccc([N+](=O)[O-])c(Br)c1)(c1ccccc1)C(=C1N(C)c3ccccc3C1(C)C)C=N2. The first-order valence-corrected chi connectivity index (χ1v) is 16.3. The summed E-state index contributed by atoms with van der Waals surface area (Å²) in [4.78, 5) is 18.5. The molecule has 4 aromatic rings. The Labute approximate surface area is 258 Å². The molecule has 11 heteroatoms. The van der Waals surface area contributed by atoms with Gasteiger partial charge in [-0.05, 0) is 46.6 Å². The Kier molecular flexibility index (Phi) is 7.19. The fraction of sp³-hybridized carbons (Fsp3) is 0.219. The Bertz CT molecular complexity index is 1950. The van der Waals surface area contributed by atoms with Gasteiger partial charge in [0.1, 0.15) is 0 Å². The van der Waals surface area contributed by atoms with Gasteiger partial charge in [-0.25, -0.2) is 9.67 Å². The van der Waals surface area contributed by atoms with Crippen LogP contribution in [0.3, 0.4) is 0 Å². The summed E-state index contributed by atoms with van der Waals surface area (Å²) >= 11 is 3.41. The standard InChI is InChI=1S/C32H29BrN7O2P/c1-21-29-31(39(36-21)18-10-17-34)35-20-28(30-32(2,3)24-13-8-9-14-26(24)38(30)4)43(29,23-11-6-5-7-12-23)37-22-15-16-27(40(41)42)25(33)19-22/h5-9,11-16,19-20H,10,18H2,1-4H3. The molecule has 0 radical (unpaired) electrons. The van der Waals surface area contributed by atoms with Gasteiger partial charge in [-0.1, -0.05) is 62.4 Å². The Hall–Kier alpha value is -4.32. The Morgan fingerprint density at radius 1 is 1.12 bits per heavy atom. The number of rotatable bonds is 5. The summed E-state index contributed by atoms with van der Waals surface area (Å²) in [5, 5.41) is 28.8. The minimum Gasteiger partial charge on any atom is -0.346 e. The Morgan fingerprint density at radius 2 is 1.84 bits per heavy atom. The van der Waals surface area contributed by atoms with Gasteiger partial charge >= 0.3 is 0 Å². The van der Waals surface area contributed by atoms with E-state index in [0.717, 1.165) is 33.0 Å². The molecule has 6 rings (SSSR count). The number of para-hydroxylation sites is 1.